The van der Waals surface area contributed by atoms with Gasteiger partial charge in [0.2, 0.25) is 5.92 Å². The number of alkyl halides is 2. The van der Waals surface area contributed by atoms with Crippen LogP contribution in [0.25, 0.3) is 0 Å². The third-order valence-corrected chi connectivity index (χ3v) is 4.23. The van der Waals surface area contributed by atoms with E-state index in [9.17, 15) is 13.6 Å². The van der Waals surface area contributed by atoms with Gasteiger partial charge in [-0.15, -0.1) is 0 Å². The molecule has 26 heavy (non-hydrogen) atoms. The molecule has 8 heteroatoms. The summed E-state index contributed by atoms with van der Waals surface area (Å²) in [7, 11) is 0. The Morgan fingerprint density at radius 2 is 2.15 bits per heavy atom. The Hall–Kier alpha value is -2.95. The fourth-order valence-corrected chi connectivity index (χ4v) is 2.86. The molecule has 0 atom stereocenters. The molecule has 1 heterocycles. The van der Waals surface area contributed by atoms with Gasteiger partial charge >= 0.3 is 12.0 Å². The molecule has 136 valence electrons. The summed E-state index contributed by atoms with van der Waals surface area (Å²) in [4.78, 5) is 16.7. The van der Waals surface area contributed by atoms with Crippen molar-refractivity contribution in [3.8, 4) is 17.8 Å². The first-order valence-corrected chi connectivity index (χ1v) is 8.29. The van der Waals surface area contributed by atoms with E-state index in [-0.39, 0.29) is 37.7 Å². The first-order valence-electron chi connectivity index (χ1n) is 8.29. The van der Waals surface area contributed by atoms with Crippen molar-refractivity contribution < 1.29 is 18.3 Å². The summed E-state index contributed by atoms with van der Waals surface area (Å²) in [6, 6.07) is 7.76. The number of amides is 1. The Morgan fingerprint density at radius 1 is 1.42 bits per heavy atom. The van der Waals surface area contributed by atoms with Crippen LogP contribution in [0.5, 0.6) is 11.8 Å². The van der Waals surface area contributed by atoms with Gasteiger partial charge in [0, 0.05) is 25.1 Å². The number of nitrogens with one attached hydrogen (secondary N) is 1. The molecule has 0 unspecified atom stereocenters. The van der Waals surface area contributed by atoms with Crippen molar-refractivity contribution in [2.24, 2.45) is 0 Å². The molecule has 1 fully saturated rings. The minimum absolute atomic E-state index is 0.0521. The van der Waals surface area contributed by atoms with E-state index in [1.807, 2.05) is 6.07 Å². The van der Waals surface area contributed by atoms with E-state index in [0.717, 1.165) is 0 Å². The van der Waals surface area contributed by atoms with Crippen LogP contribution in [0.3, 0.4) is 0 Å². The molecule has 2 aromatic rings. The molecule has 0 radical (unpaired) electrons. The van der Waals surface area contributed by atoms with Crippen molar-refractivity contribution in [2.45, 2.75) is 44.6 Å². The van der Waals surface area contributed by atoms with Crippen LogP contribution in [0.15, 0.2) is 30.5 Å². The van der Waals surface area contributed by atoms with Crippen LogP contribution in [0.2, 0.25) is 0 Å². The number of benzene rings is 1. The number of hydrogen-bond acceptors (Lipinski definition) is 4. The molecule has 1 amide bonds. The molecule has 0 spiro atoms. The Morgan fingerprint density at radius 3 is 2.85 bits per heavy atom. The highest BCUT2D eigenvalue weighted by Crippen LogP contribution is 2.33. The second kappa shape index (κ2) is 7.12. The summed E-state index contributed by atoms with van der Waals surface area (Å²) in [5.74, 6) is -2.27. The van der Waals surface area contributed by atoms with Crippen molar-refractivity contribution in [3.05, 3.63) is 41.7 Å². The Balaban J connectivity index is 1.72. The molecule has 0 saturated heterocycles. The van der Waals surface area contributed by atoms with Gasteiger partial charge in [0.25, 0.3) is 0 Å². The molecular weight excluding hydrogens is 342 g/mol. The van der Waals surface area contributed by atoms with Gasteiger partial charge in [-0.1, -0.05) is 6.07 Å². The van der Waals surface area contributed by atoms with Crippen molar-refractivity contribution in [1.29, 1.82) is 5.26 Å². The minimum Gasteiger partial charge on any atom is -0.425 e. The molecule has 1 aromatic carbocycles. The summed E-state index contributed by atoms with van der Waals surface area (Å²) < 4.78 is 33.3. The number of hydrogen-bond donors (Lipinski definition) is 1. The maximum atomic E-state index is 13.2. The number of carbonyl (C=O) groups excluding carboxylic acids is 1. The largest absolute Gasteiger partial charge is 0.425 e. The lowest BCUT2D eigenvalue weighted by atomic mass is 9.92. The third-order valence-electron chi connectivity index (χ3n) is 4.23. The van der Waals surface area contributed by atoms with Crippen molar-refractivity contribution in [3.63, 3.8) is 0 Å². The standard InChI is InChI=1S/C18H18F2N4O2/c1-12-11-24(16(25)23-14-5-7-18(19,20)8-6-14)17(22-12)26-15-4-2-3-13(9-15)10-21/h2-4,9,11,14H,5-8H2,1H3,(H,23,25). The highest BCUT2D eigenvalue weighted by Gasteiger charge is 2.35. The zero-order valence-corrected chi connectivity index (χ0v) is 14.2. The van der Waals surface area contributed by atoms with Crippen LogP contribution >= 0.6 is 0 Å². The first kappa shape index (κ1) is 17.9. The van der Waals surface area contributed by atoms with Gasteiger partial charge in [0.1, 0.15) is 5.75 Å². The van der Waals surface area contributed by atoms with E-state index in [4.69, 9.17) is 10.00 Å². The van der Waals surface area contributed by atoms with Crippen LogP contribution in [-0.2, 0) is 0 Å². The number of nitriles is 1. The predicted molar refractivity (Wildman–Crippen MR) is 89.3 cm³/mol. The number of rotatable bonds is 3. The number of aryl methyl sites for hydroxylation is 1. The lowest BCUT2D eigenvalue weighted by Crippen LogP contribution is -2.42. The summed E-state index contributed by atoms with van der Waals surface area (Å²) in [6.07, 6.45) is 1.51. The van der Waals surface area contributed by atoms with Gasteiger partial charge in [-0.2, -0.15) is 10.2 Å². The third kappa shape index (κ3) is 4.17. The lowest BCUT2D eigenvalue weighted by molar-refractivity contribution is -0.0395. The van der Waals surface area contributed by atoms with Gasteiger partial charge < -0.3 is 10.1 Å². The minimum atomic E-state index is -2.65. The monoisotopic (exact) mass is 360 g/mol. The van der Waals surface area contributed by atoms with E-state index < -0.39 is 12.0 Å². The molecule has 1 aromatic heterocycles. The van der Waals surface area contributed by atoms with Crippen LogP contribution in [0.1, 0.15) is 36.9 Å². The number of halogens is 2. The molecule has 1 aliphatic rings. The van der Waals surface area contributed by atoms with Crippen LogP contribution in [0, 0.1) is 18.3 Å². The van der Waals surface area contributed by atoms with Gasteiger partial charge in [-0.05, 0) is 38.0 Å². The molecule has 1 N–H and O–H groups in total. The zero-order chi connectivity index (χ0) is 18.7. The predicted octanol–water partition coefficient (Wildman–Crippen LogP) is 3.99. The average molecular weight is 360 g/mol. The van der Waals surface area contributed by atoms with Gasteiger partial charge in [0.15, 0.2) is 0 Å². The summed E-state index contributed by atoms with van der Waals surface area (Å²) in [5, 5.41) is 11.7. The van der Waals surface area contributed by atoms with Crippen LogP contribution in [-0.4, -0.2) is 27.5 Å². The summed E-state index contributed by atoms with van der Waals surface area (Å²) in [6.45, 7) is 1.71. The number of ether oxygens (including phenoxy) is 1. The fraction of sp³-hybridized carbons (Fsp3) is 0.389. The summed E-state index contributed by atoms with van der Waals surface area (Å²) >= 11 is 0. The number of aromatic nitrogens is 2. The topological polar surface area (TPSA) is 79.9 Å². The normalized spacial score (nSPS) is 16.7. The van der Waals surface area contributed by atoms with E-state index >= 15 is 0 Å². The van der Waals surface area contributed by atoms with E-state index in [2.05, 4.69) is 10.3 Å². The highest BCUT2D eigenvalue weighted by molar-refractivity contribution is 5.78. The highest BCUT2D eigenvalue weighted by atomic mass is 19.3. The Bertz CT molecular complexity index is 847. The van der Waals surface area contributed by atoms with Crippen molar-refractivity contribution >= 4 is 6.03 Å². The number of nitrogens with zero attached hydrogens (tertiary/aromatic N) is 3. The molecule has 3 rings (SSSR count). The number of imidazole rings is 1. The first-order chi connectivity index (χ1) is 12.4. The van der Waals surface area contributed by atoms with E-state index in [1.54, 1.807) is 25.1 Å². The van der Waals surface area contributed by atoms with Gasteiger partial charge in [0.05, 0.1) is 17.3 Å². The fourth-order valence-electron chi connectivity index (χ4n) is 2.86. The van der Waals surface area contributed by atoms with E-state index in [0.29, 0.717) is 17.0 Å². The zero-order valence-electron chi connectivity index (χ0n) is 14.2. The smallest absolute Gasteiger partial charge is 0.329 e. The van der Waals surface area contributed by atoms with Crippen LogP contribution in [0.4, 0.5) is 13.6 Å². The average Bonchev–Trinajstić information content (AvgIpc) is 2.97. The van der Waals surface area contributed by atoms with Crippen molar-refractivity contribution in [1.82, 2.24) is 14.9 Å². The van der Waals surface area contributed by atoms with Crippen molar-refractivity contribution in [2.75, 3.05) is 0 Å². The molecule has 6 nitrogen and oxygen atoms in total. The molecule has 0 aliphatic heterocycles. The number of carbonyl (C=O) groups is 1. The SMILES string of the molecule is Cc1cn(C(=O)NC2CCC(F)(F)CC2)c(Oc2cccc(C#N)c2)n1. The molecule has 1 saturated carbocycles. The molecule has 1 aliphatic carbocycles. The van der Waals surface area contributed by atoms with Crippen LogP contribution < -0.4 is 10.1 Å². The second-order valence-electron chi connectivity index (χ2n) is 6.36. The molecular formula is C18H18F2N4O2. The van der Waals surface area contributed by atoms with Gasteiger partial charge in [-0.3, -0.25) is 0 Å². The quantitative estimate of drug-likeness (QED) is 0.897. The maximum Gasteiger partial charge on any atom is 0.329 e. The van der Waals surface area contributed by atoms with Gasteiger partial charge in [-0.25, -0.2) is 18.1 Å². The maximum absolute atomic E-state index is 13.2. The lowest BCUT2D eigenvalue weighted by Gasteiger charge is -2.28. The Kier molecular flexibility index (Phi) is 4.89. The second-order valence-corrected chi connectivity index (χ2v) is 6.36. The Labute approximate surface area is 149 Å². The summed E-state index contributed by atoms with van der Waals surface area (Å²) in [5.41, 5.74) is 0.992. The van der Waals surface area contributed by atoms with E-state index in [1.165, 1.54) is 16.8 Å². The molecule has 0 bridgehead atoms.